The summed E-state index contributed by atoms with van der Waals surface area (Å²) in [6.07, 6.45) is 1.64. The maximum atomic E-state index is 14.9. The molecule has 0 radical (unpaired) electrons. The Morgan fingerprint density at radius 3 is 2.56 bits per heavy atom. The van der Waals surface area contributed by atoms with E-state index in [0.717, 1.165) is 17.5 Å². The predicted molar refractivity (Wildman–Crippen MR) is 173 cm³/mol. The fourth-order valence-electron chi connectivity index (χ4n) is 4.63. The minimum Gasteiger partial charge on any atom is -0.337 e. The molecule has 1 aliphatic heterocycles. The van der Waals surface area contributed by atoms with Crippen LogP contribution in [0.1, 0.15) is 50.8 Å². The lowest BCUT2D eigenvalue weighted by Crippen LogP contribution is -2.39. The number of nitrogens with one attached hydrogen (secondary N) is 1. The van der Waals surface area contributed by atoms with Crippen LogP contribution in [0.25, 0.3) is 22.3 Å². The van der Waals surface area contributed by atoms with Gasteiger partial charge in [0.2, 0.25) is 11.9 Å². The number of fused-ring (bicyclic) bond motifs is 2. The molecule has 3 N–H and O–H groups in total. The molecule has 4 heterocycles. The Bertz CT molecular complexity index is 1520. The number of imidazole rings is 1. The molecule has 0 atom stereocenters. The largest absolute Gasteiger partial charge is 0.337 e. The summed E-state index contributed by atoms with van der Waals surface area (Å²) >= 11 is 5.76. The number of amides is 1. The van der Waals surface area contributed by atoms with E-state index in [2.05, 4.69) is 58.1 Å². The van der Waals surface area contributed by atoms with E-state index in [9.17, 15) is 13.6 Å². The third-order valence-electron chi connectivity index (χ3n) is 6.27. The number of pyridine rings is 1. The normalized spacial score (nSPS) is 12.3. The summed E-state index contributed by atoms with van der Waals surface area (Å²) in [5, 5.41) is 3.01. The van der Waals surface area contributed by atoms with E-state index in [-0.39, 0.29) is 41.2 Å². The van der Waals surface area contributed by atoms with Gasteiger partial charge in [-0.25, -0.2) is 28.7 Å². The number of thiol groups is 1. The summed E-state index contributed by atoms with van der Waals surface area (Å²) in [5.74, 6) is -0.0266. The number of nitrogens with zero attached hydrogens (tertiary/aromatic N) is 6. The van der Waals surface area contributed by atoms with E-state index in [1.807, 2.05) is 45.3 Å². The summed E-state index contributed by atoms with van der Waals surface area (Å²) in [6, 6.07) is 6.60. The number of benzene rings is 1. The maximum Gasteiger partial charge on any atom is 0.236 e. The molecule has 4 aromatic rings. The lowest BCUT2D eigenvalue weighted by Gasteiger charge is -2.28. The van der Waals surface area contributed by atoms with Gasteiger partial charge in [0.1, 0.15) is 22.9 Å². The Kier molecular flexibility index (Phi) is 12.1. The number of rotatable bonds is 5. The molecule has 3 aromatic heterocycles. The van der Waals surface area contributed by atoms with Crippen LogP contribution in [0.4, 0.5) is 20.5 Å². The van der Waals surface area contributed by atoms with E-state index < -0.39 is 11.6 Å². The van der Waals surface area contributed by atoms with Crippen LogP contribution in [-0.4, -0.2) is 48.4 Å². The second-order valence-corrected chi connectivity index (χ2v) is 13.2. The first kappa shape index (κ1) is 32.9. The fraction of sp³-hybridized carbons (Fsp3) is 0.370. The molecule has 0 saturated heterocycles. The number of anilines is 2. The van der Waals surface area contributed by atoms with E-state index in [1.54, 1.807) is 17.0 Å². The third kappa shape index (κ3) is 7.64. The van der Waals surface area contributed by atoms with Crippen molar-refractivity contribution in [2.24, 2.45) is 5.73 Å². The molecule has 0 aliphatic carbocycles. The summed E-state index contributed by atoms with van der Waals surface area (Å²) in [6.45, 7) is 10.7. The molecule has 41 heavy (non-hydrogen) atoms. The zero-order chi connectivity index (χ0) is 30.3. The van der Waals surface area contributed by atoms with Gasteiger partial charge in [-0.15, -0.1) is 11.7 Å². The molecular formula is C27H33F2IN8OS2. The average molecular weight is 715 g/mol. The molecule has 0 unspecified atom stereocenters. The molecule has 1 amide bonds. The van der Waals surface area contributed by atoms with Crippen molar-refractivity contribution in [3.8, 4) is 11.3 Å². The van der Waals surface area contributed by atoms with E-state index in [1.165, 1.54) is 14.0 Å². The average Bonchev–Trinajstić information content (AvgIpc) is 3.31. The Hall–Kier alpha value is -2.56. The van der Waals surface area contributed by atoms with Crippen molar-refractivity contribution < 1.29 is 13.6 Å². The zero-order valence-corrected chi connectivity index (χ0v) is 27.3. The van der Waals surface area contributed by atoms with Crippen molar-refractivity contribution in [2.45, 2.75) is 53.6 Å². The number of carbonyl (C=O) groups excluding carboxylic acids is 1. The number of carbonyl (C=O) groups is 1. The molecule has 0 fully saturated rings. The topological polar surface area (TPSA) is 115 Å². The molecule has 14 heteroatoms. The molecule has 1 aromatic carbocycles. The summed E-state index contributed by atoms with van der Waals surface area (Å²) in [5.41, 5.74) is 8.33. The predicted octanol–water partition coefficient (Wildman–Crippen LogP) is 6.58. The van der Waals surface area contributed by atoms with Crippen LogP contribution >= 0.6 is 40.8 Å². The first-order valence-corrected chi connectivity index (χ1v) is 17.4. The summed E-state index contributed by atoms with van der Waals surface area (Å²) in [7, 11) is 1.41. The van der Waals surface area contributed by atoms with Gasteiger partial charge in [-0.1, -0.05) is 19.9 Å². The van der Waals surface area contributed by atoms with Gasteiger partial charge in [0.15, 0.2) is 11.6 Å². The van der Waals surface area contributed by atoms with Gasteiger partial charge in [0.05, 0.1) is 18.3 Å². The Morgan fingerprint density at radius 2 is 1.90 bits per heavy atom. The fourth-order valence-corrected chi connectivity index (χ4v) is 4.63. The molecule has 1 aliphatic rings. The monoisotopic (exact) mass is 714 g/mol. The summed E-state index contributed by atoms with van der Waals surface area (Å²) in [4.78, 5) is 30.9. The SMILES string of the molecule is CC.Cc1nc2c(F)cc(-c3nc(Nc4ccc5c(n4)CCN(C(=O)CN)C5)ncc3F)cc2n1C(C)C.SSI. The molecule has 9 nitrogen and oxygen atoms in total. The first-order valence-electron chi connectivity index (χ1n) is 13.0. The number of hydrogen-bond donors (Lipinski definition) is 3. The van der Waals surface area contributed by atoms with Crippen molar-refractivity contribution in [3.05, 3.63) is 59.2 Å². The van der Waals surface area contributed by atoms with E-state index in [0.29, 0.717) is 36.7 Å². The Labute approximate surface area is 259 Å². The van der Waals surface area contributed by atoms with Gasteiger partial charge in [0, 0.05) is 58.0 Å². The second-order valence-electron chi connectivity index (χ2n) is 9.10. The molecular weight excluding hydrogens is 681 g/mol. The van der Waals surface area contributed by atoms with Gasteiger partial charge in [0.25, 0.3) is 0 Å². The van der Waals surface area contributed by atoms with Crippen molar-refractivity contribution in [1.82, 2.24) is 29.4 Å². The van der Waals surface area contributed by atoms with Gasteiger partial charge in [-0.2, -0.15) is 0 Å². The summed E-state index contributed by atoms with van der Waals surface area (Å²) < 4.78 is 31.6. The lowest BCUT2D eigenvalue weighted by molar-refractivity contribution is -0.130. The van der Waals surface area contributed by atoms with Gasteiger partial charge < -0.3 is 20.5 Å². The Morgan fingerprint density at radius 1 is 1.20 bits per heavy atom. The highest BCUT2D eigenvalue weighted by Gasteiger charge is 2.22. The molecule has 0 spiro atoms. The standard InChI is InChI=1S/C25H26F2N8O.C2H6.HIS2/c1-13(2)35-14(3)30-24-17(26)8-16(9-20(24)35)23-18(27)11-29-25(33-23)32-21-5-4-15-12-34(22(36)10-28)7-6-19(15)31-21;1-2;1-3-2/h4-5,8-9,11,13H,6-7,10,12,28H2,1-3H3,(H,29,31,32,33);1-2H3;2H. The van der Waals surface area contributed by atoms with Crippen molar-refractivity contribution in [2.75, 3.05) is 18.4 Å². The second kappa shape index (κ2) is 15.1. The molecule has 0 saturated carbocycles. The highest BCUT2D eigenvalue weighted by atomic mass is 127. The van der Waals surface area contributed by atoms with Crippen LogP contribution in [0, 0.1) is 18.6 Å². The molecule has 5 rings (SSSR count). The van der Waals surface area contributed by atoms with E-state index >= 15 is 0 Å². The molecule has 0 bridgehead atoms. The van der Waals surface area contributed by atoms with Crippen molar-refractivity contribution in [3.63, 3.8) is 0 Å². The Balaban J connectivity index is 0.000000868. The zero-order valence-electron chi connectivity index (χ0n) is 23.5. The van der Waals surface area contributed by atoms with Crippen LogP contribution in [0.5, 0.6) is 0 Å². The van der Waals surface area contributed by atoms with Gasteiger partial charge >= 0.3 is 0 Å². The number of aromatic nitrogens is 5. The maximum absolute atomic E-state index is 14.9. The van der Waals surface area contributed by atoms with E-state index in [4.69, 9.17) is 5.73 Å². The number of aryl methyl sites for hydroxylation is 1. The third-order valence-corrected chi connectivity index (χ3v) is 6.27. The quantitative estimate of drug-likeness (QED) is 0.121. The number of hydrogen-bond acceptors (Lipinski definition) is 9. The van der Waals surface area contributed by atoms with Crippen molar-refractivity contribution in [1.29, 1.82) is 0 Å². The highest BCUT2D eigenvalue weighted by Crippen LogP contribution is 2.30. The minimum absolute atomic E-state index is 0.0249. The minimum atomic E-state index is -0.672. The van der Waals surface area contributed by atoms with Crippen LogP contribution in [0.2, 0.25) is 0 Å². The van der Waals surface area contributed by atoms with Gasteiger partial charge in [-0.05, 0) is 52.5 Å². The first-order chi connectivity index (χ1) is 19.7. The van der Waals surface area contributed by atoms with Crippen molar-refractivity contribution >= 4 is 69.5 Å². The van der Waals surface area contributed by atoms with Crippen LogP contribution in [0.15, 0.2) is 30.5 Å². The lowest BCUT2D eigenvalue weighted by atomic mass is 10.1. The van der Waals surface area contributed by atoms with Crippen LogP contribution < -0.4 is 11.1 Å². The number of halogens is 3. The van der Waals surface area contributed by atoms with Crippen LogP contribution in [-0.2, 0) is 17.8 Å². The van der Waals surface area contributed by atoms with Gasteiger partial charge in [-0.3, -0.25) is 4.79 Å². The molecule has 220 valence electrons. The van der Waals surface area contributed by atoms with Crippen LogP contribution in [0.3, 0.4) is 0 Å². The highest BCUT2D eigenvalue weighted by molar-refractivity contribution is 14.2. The smallest absolute Gasteiger partial charge is 0.236 e. The number of nitrogens with two attached hydrogens (primary N) is 1.